The number of rotatable bonds is 10. The van der Waals surface area contributed by atoms with E-state index >= 15 is 0 Å². The van der Waals surface area contributed by atoms with Gasteiger partial charge in [0.15, 0.2) is 0 Å². The number of hydrogen-bond acceptors (Lipinski definition) is 5. The first-order valence-electron chi connectivity index (χ1n) is 12.2. The Kier molecular flexibility index (Phi) is 7.11. The van der Waals surface area contributed by atoms with Crippen molar-refractivity contribution in [2.75, 3.05) is 19.7 Å². The van der Waals surface area contributed by atoms with Crippen molar-refractivity contribution in [1.82, 2.24) is 10.3 Å². The SMILES string of the molecule is N#Cc1ccc2[nH]cc(CCCCNCCOc3ccc4occ(-c5ccccc5)c(=O)c4c3)c2c1. The second-order valence-corrected chi connectivity index (χ2v) is 8.74. The largest absolute Gasteiger partial charge is 0.492 e. The lowest BCUT2D eigenvalue weighted by molar-refractivity contribution is 0.314. The molecule has 0 bridgehead atoms. The second kappa shape index (κ2) is 10.9. The van der Waals surface area contributed by atoms with Gasteiger partial charge in [-0.3, -0.25) is 4.79 Å². The fraction of sp³-hybridized carbons (Fsp3) is 0.200. The molecule has 0 saturated heterocycles. The number of ether oxygens (including phenoxy) is 1. The van der Waals surface area contributed by atoms with E-state index in [0.717, 1.165) is 48.8 Å². The van der Waals surface area contributed by atoms with E-state index in [2.05, 4.69) is 16.4 Å². The van der Waals surface area contributed by atoms with Crippen LogP contribution in [-0.4, -0.2) is 24.7 Å². The fourth-order valence-electron chi connectivity index (χ4n) is 4.40. The molecule has 0 radical (unpaired) electrons. The van der Waals surface area contributed by atoms with Crippen molar-refractivity contribution in [3.05, 3.63) is 101 Å². The van der Waals surface area contributed by atoms with E-state index in [-0.39, 0.29) is 5.43 Å². The van der Waals surface area contributed by atoms with Crippen molar-refractivity contribution >= 4 is 21.9 Å². The zero-order valence-corrected chi connectivity index (χ0v) is 19.9. The lowest BCUT2D eigenvalue weighted by Gasteiger charge is -2.09. The summed E-state index contributed by atoms with van der Waals surface area (Å²) in [5.74, 6) is 0.651. The van der Waals surface area contributed by atoms with Crippen LogP contribution >= 0.6 is 0 Å². The minimum atomic E-state index is -0.0647. The average molecular weight is 478 g/mol. The summed E-state index contributed by atoms with van der Waals surface area (Å²) < 4.78 is 11.6. The molecule has 0 aliphatic heterocycles. The van der Waals surface area contributed by atoms with Crippen LogP contribution in [0.4, 0.5) is 0 Å². The smallest absolute Gasteiger partial charge is 0.200 e. The Labute approximate surface area is 209 Å². The summed E-state index contributed by atoms with van der Waals surface area (Å²) in [5, 5.41) is 14.2. The van der Waals surface area contributed by atoms with Crippen LogP contribution in [0, 0.1) is 11.3 Å². The first-order chi connectivity index (χ1) is 17.7. The van der Waals surface area contributed by atoms with Gasteiger partial charge in [0.05, 0.1) is 22.6 Å². The predicted octanol–water partition coefficient (Wildman–Crippen LogP) is 5.80. The Morgan fingerprint density at radius 1 is 0.972 bits per heavy atom. The van der Waals surface area contributed by atoms with Gasteiger partial charge >= 0.3 is 0 Å². The van der Waals surface area contributed by atoms with Gasteiger partial charge in [-0.25, -0.2) is 0 Å². The van der Waals surface area contributed by atoms with Crippen molar-refractivity contribution in [2.45, 2.75) is 19.3 Å². The van der Waals surface area contributed by atoms with Gasteiger partial charge in [-0.2, -0.15) is 5.26 Å². The highest BCUT2D eigenvalue weighted by Crippen LogP contribution is 2.23. The summed E-state index contributed by atoms with van der Waals surface area (Å²) in [6, 6.07) is 22.8. The maximum Gasteiger partial charge on any atom is 0.200 e. The van der Waals surface area contributed by atoms with Crippen LogP contribution in [0.3, 0.4) is 0 Å². The van der Waals surface area contributed by atoms with Crippen LogP contribution < -0.4 is 15.5 Å². The highest BCUT2D eigenvalue weighted by Gasteiger charge is 2.10. The standard InChI is InChI=1S/C30H27N3O3/c31-18-21-9-11-28-25(16-21)23(19-33-28)8-4-5-13-32-14-15-35-24-10-12-29-26(17-24)30(34)27(20-36-29)22-6-2-1-3-7-22/h1-3,6-7,9-12,16-17,19-20,32-33H,4-5,8,13-15H2. The Balaban J connectivity index is 1.08. The van der Waals surface area contributed by atoms with E-state index in [1.54, 1.807) is 12.1 Å². The summed E-state index contributed by atoms with van der Waals surface area (Å²) in [6.45, 7) is 2.13. The van der Waals surface area contributed by atoms with Gasteiger partial charge in [0.1, 0.15) is 24.2 Å². The summed E-state index contributed by atoms with van der Waals surface area (Å²) in [6.07, 6.45) is 6.63. The normalized spacial score (nSPS) is 11.1. The quantitative estimate of drug-likeness (QED) is 0.248. The van der Waals surface area contributed by atoms with Gasteiger partial charge < -0.3 is 19.5 Å². The molecule has 180 valence electrons. The van der Waals surface area contributed by atoms with Gasteiger partial charge in [-0.15, -0.1) is 0 Å². The van der Waals surface area contributed by atoms with Crippen LogP contribution in [0.5, 0.6) is 5.75 Å². The number of aromatic nitrogens is 1. The van der Waals surface area contributed by atoms with E-state index in [4.69, 9.17) is 14.4 Å². The number of nitrogens with one attached hydrogen (secondary N) is 2. The first-order valence-corrected chi connectivity index (χ1v) is 12.2. The Hall–Kier alpha value is -4.34. The molecule has 6 heteroatoms. The van der Waals surface area contributed by atoms with E-state index in [0.29, 0.717) is 34.5 Å². The molecule has 0 unspecified atom stereocenters. The number of aryl methyl sites for hydroxylation is 1. The topological polar surface area (TPSA) is 91.1 Å². The van der Waals surface area contributed by atoms with Gasteiger partial charge in [0.25, 0.3) is 0 Å². The minimum Gasteiger partial charge on any atom is -0.492 e. The van der Waals surface area contributed by atoms with E-state index in [1.165, 1.54) is 11.8 Å². The molecule has 0 aliphatic carbocycles. The molecule has 0 fully saturated rings. The number of nitriles is 1. The molecule has 5 rings (SSSR count). The third-order valence-corrected chi connectivity index (χ3v) is 6.32. The summed E-state index contributed by atoms with van der Waals surface area (Å²) in [7, 11) is 0. The Morgan fingerprint density at radius 3 is 2.72 bits per heavy atom. The van der Waals surface area contributed by atoms with Crippen LogP contribution in [0.1, 0.15) is 24.0 Å². The number of nitrogens with zero attached hydrogens (tertiary/aromatic N) is 1. The van der Waals surface area contributed by atoms with Crippen LogP contribution in [0.2, 0.25) is 0 Å². The van der Waals surface area contributed by atoms with Gasteiger partial charge in [-0.05, 0) is 73.3 Å². The number of fused-ring (bicyclic) bond motifs is 2. The molecule has 0 atom stereocenters. The minimum absolute atomic E-state index is 0.0647. The van der Waals surface area contributed by atoms with Crippen molar-refractivity contribution in [3.63, 3.8) is 0 Å². The van der Waals surface area contributed by atoms with Crippen molar-refractivity contribution in [1.29, 1.82) is 5.26 Å². The van der Waals surface area contributed by atoms with Crippen LogP contribution in [-0.2, 0) is 6.42 Å². The zero-order chi connectivity index (χ0) is 24.7. The lowest BCUT2D eigenvalue weighted by Crippen LogP contribution is -2.22. The number of aromatic amines is 1. The highest BCUT2D eigenvalue weighted by atomic mass is 16.5. The second-order valence-electron chi connectivity index (χ2n) is 8.74. The Morgan fingerprint density at radius 2 is 1.86 bits per heavy atom. The van der Waals surface area contributed by atoms with Gasteiger partial charge in [0.2, 0.25) is 5.43 Å². The fourth-order valence-corrected chi connectivity index (χ4v) is 4.40. The molecule has 0 amide bonds. The molecule has 0 saturated carbocycles. The van der Waals surface area contributed by atoms with Crippen molar-refractivity contribution in [2.24, 2.45) is 0 Å². The molecule has 2 N–H and O–H groups in total. The molecule has 0 aliphatic rings. The highest BCUT2D eigenvalue weighted by molar-refractivity contribution is 5.84. The average Bonchev–Trinajstić information content (AvgIpc) is 3.33. The monoisotopic (exact) mass is 477 g/mol. The van der Waals surface area contributed by atoms with Crippen molar-refractivity contribution in [3.8, 4) is 22.9 Å². The lowest BCUT2D eigenvalue weighted by atomic mass is 10.1. The third kappa shape index (κ3) is 5.17. The Bertz CT molecular complexity index is 1580. The molecule has 2 heterocycles. The number of benzene rings is 3. The number of hydrogen-bond donors (Lipinski definition) is 2. The van der Waals surface area contributed by atoms with E-state index in [1.807, 2.05) is 60.8 Å². The summed E-state index contributed by atoms with van der Waals surface area (Å²) in [5.41, 5.74) is 4.87. The molecule has 2 aromatic heterocycles. The zero-order valence-electron chi connectivity index (χ0n) is 19.9. The molecule has 3 aromatic carbocycles. The number of H-pyrrole nitrogens is 1. The molecular weight excluding hydrogens is 450 g/mol. The molecule has 0 spiro atoms. The van der Waals surface area contributed by atoms with Gasteiger partial charge in [0, 0.05) is 23.6 Å². The maximum atomic E-state index is 13.0. The molecule has 36 heavy (non-hydrogen) atoms. The maximum absolute atomic E-state index is 13.0. The van der Waals surface area contributed by atoms with Crippen LogP contribution in [0.25, 0.3) is 33.0 Å². The molecule has 5 aromatic rings. The van der Waals surface area contributed by atoms with Gasteiger partial charge in [-0.1, -0.05) is 30.3 Å². The predicted molar refractivity (Wildman–Crippen MR) is 142 cm³/mol. The third-order valence-electron chi connectivity index (χ3n) is 6.32. The molecule has 6 nitrogen and oxygen atoms in total. The first kappa shape index (κ1) is 23.4. The number of unbranched alkanes of at least 4 members (excludes halogenated alkanes) is 1. The molecular formula is C30H27N3O3. The summed E-state index contributed by atoms with van der Waals surface area (Å²) in [4.78, 5) is 16.3. The van der Waals surface area contributed by atoms with E-state index < -0.39 is 0 Å². The van der Waals surface area contributed by atoms with E-state index in [9.17, 15) is 4.79 Å². The van der Waals surface area contributed by atoms with Crippen LogP contribution in [0.15, 0.2) is 88.4 Å². The van der Waals surface area contributed by atoms with Crippen molar-refractivity contribution < 1.29 is 9.15 Å². The summed E-state index contributed by atoms with van der Waals surface area (Å²) >= 11 is 0.